The van der Waals surface area contributed by atoms with Crippen LogP contribution in [0.3, 0.4) is 0 Å². The van der Waals surface area contributed by atoms with E-state index in [0.717, 1.165) is 5.56 Å². The maximum absolute atomic E-state index is 12.4. The summed E-state index contributed by atoms with van der Waals surface area (Å²) in [7, 11) is 1.62. The largest absolute Gasteiger partial charge is 0.423 e. The molecular formula is C18H15NO3. The van der Waals surface area contributed by atoms with E-state index in [4.69, 9.17) is 4.74 Å². The minimum atomic E-state index is -0.476. The van der Waals surface area contributed by atoms with Crippen LogP contribution >= 0.6 is 0 Å². The minimum Gasteiger partial charge on any atom is -0.423 e. The standard InChI is InChI=1S/C18H15NO3/c1-12-7-9-13(10-8-12)22-18(21)16-11-19(2)17(20)15-6-4-3-5-14(15)16/h3-11H,1-2H3. The Morgan fingerprint density at radius 1 is 1.00 bits per heavy atom. The average molecular weight is 293 g/mol. The van der Waals surface area contributed by atoms with Crippen molar-refractivity contribution < 1.29 is 9.53 Å². The van der Waals surface area contributed by atoms with Crippen LogP contribution in [0.4, 0.5) is 0 Å². The molecule has 3 rings (SSSR count). The maximum Gasteiger partial charge on any atom is 0.345 e. The second-order valence-corrected chi connectivity index (χ2v) is 5.21. The SMILES string of the molecule is Cc1ccc(OC(=O)c2cn(C)c(=O)c3ccccc23)cc1. The molecule has 0 atom stereocenters. The highest BCUT2D eigenvalue weighted by Gasteiger charge is 2.15. The molecular weight excluding hydrogens is 278 g/mol. The zero-order valence-corrected chi connectivity index (χ0v) is 12.4. The van der Waals surface area contributed by atoms with Crippen molar-refractivity contribution in [2.75, 3.05) is 0 Å². The second kappa shape index (κ2) is 5.48. The van der Waals surface area contributed by atoms with Crippen LogP contribution < -0.4 is 10.3 Å². The third kappa shape index (κ3) is 2.51. The fourth-order valence-electron chi connectivity index (χ4n) is 2.35. The molecule has 0 amide bonds. The van der Waals surface area contributed by atoms with Crippen LogP contribution in [0.15, 0.2) is 59.5 Å². The van der Waals surface area contributed by atoms with Gasteiger partial charge in [-0.2, -0.15) is 0 Å². The second-order valence-electron chi connectivity index (χ2n) is 5.21. The van der Waals surface area contributed by atoms with Crippen molar-refractivity contribution in [1.82, 2.24) is 4.57 Å². The first-order valence-electron chi connectivity index (χ1n) is 6.93. The summed E-state index contributed by atoms with van der Waals surface area (Å²) >= 11 is 0. The molecule has 4 heteroatoms. The van der Waals surface area contributed by atoms with Crippen LogP contribution in [0.1, 0.15) is 15.9 Å². The lowest BCUT2D eigenvalue weighted by atomic mass is 10.1. The number of carbonyl (C=O) groups excluding carboxylic acids is 1. The lowest BCUT2D eigenvalue weighted by Crippen LogP contribution is -2.20. The zero-order chi connectivity index (χ0) is 15.7. The molecule has 4 nitrogen and oxygen atoms in total. The first-order chi connectivity index (χ1) is 10.6. The number of fused-ring (bicyclic) bond motifs is 1. The Morgan fingerprint density at radius 2 is 1.64 bits per heavy atom. The molecule has 3 aromatic rings. The summed E-state index contributed by atoms with van der Waals surface area (Å²) in [5.41, 5.74) is 1.33. The van der Waals surface area contributed by atoms with E-state index in [1.807, 2.05) is 19.1 Å². The molecule has 0 aliphatic carbocycles. The van der Waals surface area contributed by atoms with Crippen LogP contribution in [-0.4, -0.2) is 10.5 Å². The predicted octanol–water partition coefficient (Wildman–Crippen LogP) is 3.07. The number of ether oxygens (including phenoxy) is 1. The van der Waals surface area contributed by atoms with Crippen molar-refractivity contribution in [3.63, 3.8) is 0 Å². The number of aromatic nitrogens is 1. The van der Waals surface area contributed by atoms with Crippen molar-refractivity contribution >= 4 is 16.7 Å². The molecule has 1 heterocycles. The monoisotopic (exact) mass is 293 g/mol. The number of aryl methyl sites for hydroxylation is 2. The molecule has 2 aromatic carbocycles. The van der Waals surface area contributed by atoms with Crippen LogP contribution in [0.2, 0.25) is 0 Å². The third-order valence-corrected chi connectivity index (χ3v) is 3.54. The molecule has 22 heavy (non-hydrogen) atoms. The predicted molar refractivity (Wildman–Crippen MR) is 85.3 cm³/mol. The Morgan fingerprint density at radius 3 is 2.32 bits per heavy atom. The van der Waals surface area contributed by atoms with Gasteiger partial charge in [-0.15, -0.1) is 0 Å². The van der Waals surface area contributed by atoms with E-state index in [-0.39, 0.29) is 5.56 Å². The third-order valence-electron chi connectivity index (χ3n) is 3.54. The van der Waals surface area contributed by atoms with E-state index in [0.29, 0.717) is 22.1 Å². The Hall–Kier alpha value is -2.88. The molecule has 1 aromatic heterocycles. The molecule has 110 valence electrons. The van der Waals surface area contributed by atoms with E-state index in [9.17, 15) is 9.59 Å². The number of carbonyl (C=O) groups is 1. The molecule has 0 aliphatic heterocycles. The van der Waals surface area contributed by atoms with Crippen molar-refractivity contribution in [3.05, 3.63) is 76.2 Å². The normalized spacial score (nSPS) is 10.6. The number of hydrogen-bond donors (Lipinski definition) is 0. The smallest absolute Gasteiger partial charge is 0.345 e. The Labute approximate surface area is 127 Å². The van der Waals surface area contributed by atoms with Gasteiger partial charge in [0.25, 0.3) is 5.56 Å². The van der Waals surface area contributed by atoms with Gasteiger partial charge in [0, 0.05) is 24.0 Å². The summed E-state index contributed by atoms with van der Waals surface area (Å²) in [5, 5.41) is 1.10. The van der Waals surface area contributed by atoms with Gasteiger partial charge in [0.15, 0.2) is 0 Å². The van der Waals surface area contributed by atoms with Gasteiger partial charge in [-0.25, -0.2) is 4.79 Å². The quantitative estimate of drug-likeness (QED) is 0.539. The summed E-state index contributed by atoms with van der Waals surface area (Å²) in [4.78, 5) is 24.5. The van der Waals surface area contributed by atoms with Gasteiger partial charge < -0.3 is 9.30 Å². The Bertz CT molecular complexity index is 908. The van der Waals surface area contributed by atoms with Crippen molar-refractivity contribution in [1.29, 1.82) is 0 Å². The summed E-state index contributed by atoms with van der Waals surface area (Å²) < 4.78 is 6.80. The van der Waals surface area contributed by atoms with Crippen LogP contribution in [0, 0.1) is 6.92 Å². The topological polar surface area (TPSA) is 48.3 Å². The summed E-state index contributed by atoms with van der Waals surface area (Å²) in [6.45, 7) is 1.96. The van der Waals surface area contributed by atoms with Gasteiger partial charge in [-0.1, -0.05) is 35.9 Å². The summed E-state index contributed by atoms with van der Waals surface area (Å²) in [5.74, 6) is 0.00388. The molecule has 0 spiro atoms. The molecule has 0 unspecified atom stereocenters. The summed E-state index contributed by atoms with van der Waals surface area (Å²) in [6, 6.07) is 14.3. The van der Waals surface area contributed by atoms with Gasteiger partial charge in [0.2, 0.25) is 0 Å². The average Bonchev–Trinajstić information content (AvgIpc) is 2.53. The molecule has 0 bridgehead atoms. The molecule has 0 aliphatic rings. The van der Waals surface area contributed by atoms with Crippen molar-refractivity contribution in [2.24, 2.45) is 7.05 Å². The van der Waals surface area contributed by atoms with Crippen LogP contribution in [0.5, 0.6) is 5.75 Å². The molecule has 0 N–H and O–H groups in total. The van der Waals surface area contributed by atoms with Crippen LogP contribution in [0.25, 0.3) is 10.8 Å². The zero-order valence-electron chi connectivity index (χ0n) is 12.4. The van der Waals surface area contributed by atoms with Gasteiger partial charge in [0.05, 0.1) is 5.56 Å². The van der Waals surface area contributed by atoms with Gasteiger partial charge in [-0.05, 0) is 25.1 Å². The van der Waals surface area contributed by atoms with E-state index >= 15 is 0 Å². The highest BCUT2D eigenvalue weighted by atomic mass is 16.5. The molecule has 0 fully saturated rings. The lowest BCUT2D eigenvalue weighted by molar-refractivity contribution is 0.0736. The molecule has 0 saturated carbocycles. The van der Waals surface area contributed by atoms with Gasteiger partial charge in [-0.3, -0.25) is 4.79 Å². The molecule has 0 radical (unpaired) electrons. The summed E-state index contributed by atoms with van der Waals surface area (Å²) in [6.07, 6.45) is 1.52. The number of esters is 1. The number of nitrogens with zero attached hydrogens (tertiary/aromatic N) is 1. The lowest BCUT2D eigenvalue weighted by Gasteiger charge is -2.09. The highest BCUT2D eigenvalue weighted by molar-refractivity contribution is 6.04. The van der Waals surface area contributed by atoms with Crippen molar-refractivity contribution in [2.45, 2.75) is 6.92 Å². The van der Waals surface area contributed by atoms with Crippen LogP contribution in [-0.2, 0) is 7.05 Å². The van der Waals surface area contributed by atoms with E-state index < -0.39 is 5.97 Å². The number of benzene rings is 2. The Kier molecular flexibility index (Phi) is 3.51. The van der Waals surface area contributed by atoms with E-state index in [1.54, 1.807) is 43.4 Å². The van der Waals surface area contributed by atoms with E-state index in [2.05, 4.69) is 0 Å². The van der Waals surface area contributed by atoms with E-state index in [1.165, 1.54) is 10.8 Å². The number of pyridine rings is 1. The van der Waals surface area contributed by atoms with Crippen molar-refractivity contribution in [3.8, 4) is 5.75 Å². The number of rotatable bonds is 2. The first-order valence-corrected chi connectivity index (χ1v) is 6.93. The molecule has 0 saturated heterocycles. The maximum atomic E-state index is 12.4. The van der Waals surface area contributed by atoms with Gasteiger partial charge >= 0.3 is 5.97 Å². The van der Waals surface area contributed by atoms with Gasteiger partial charge in [0.1, 0.15) is 5.75 Å². The Balaban J connectivity index is 2.06. The fourth-order valence-corrected chi connectivity index (χ4v) is 2.35. The highest BCUT2D eigenvalue weighted by Crippen LogP contribution is 2.18. The number of hydrogen-bond acceptors (Lipinski definition) is 3. The minimum absolute atomic E-state index is 0.137. The first kappa shape index (κ1) is 14.1. The fraction of sp³-hybridized carbons (Fsp3) is 0.111.